The van der Waals surface area contributed by atoms with Crippen LogP contribution in [0, 0.1) is 0 Å². The van der Waals surface area contributed by atoms with E-state index in [1.807, 2.05) is 35.0 Å². The van der Waals surface area contributed by atoms with E-state index >= 15 is 0 Å². The van der Waals surface area contributed by atoms with E-state index in [1.54, 1.807) is 4.90 Å². The number of imidazole rings is 1. The van der Waals surface area contributed by atoms with E-state index in [1.165, 1.54) is 0 Å². The van der Waals surface area contributed by atoms with Crippen LogP contribution in [-0.2, 0) is 16.0 Å². The third kappa shape index (κ3) is 2.52. The van der Waals surface area contributed by atoms with Gasteiger partial charge in [-0.1, -0.05) is 6.07 Å². The van der Waals surface area contributed by atoms with Gasteiger partial charge in [-0.15, -0.1) is 0 Å². The molecule has 0 bridgehead atoms. The van der Waals surface area contributed by atoms with Crippen molar-refractivity contribution in [3.8, 4) is 0 Å². The number of aliphatic hydroxyl groups excluding tert-OH is 1. The third-order valence-corrected chi connectivity index (χ3v) is 3.50. The number of carbonyl (C=O) groups is 1. The zero-order valence-electron chi connectivity index (χ0n) is 11.1. The average molecular weight is 275 g/mol. The van der Waals surface area contributed by atoms with Gasteiger partial charge in [0.05, 0.1) is 38.0 Å². The second-order valence-corrected chi connectivity index (χ2v) is 4.87. The summed E-state index contributed by atoms with van der Waals surface area (Å²) in [4.78, 5) is 18.4. The van der Waals surface area contributed by atoms with Crippen molar-refractivity contribution in [2.24, 2.45) is 0 Å². The third-order valence-electron chi connectivity index (χ3n) is 3.50. The molecule has 1 fully saturated rings. The Labute approximate surface area is 116 Å². The Balaban J connectivity index is 1.74. The minimum atomic E-state index is -0.242. The van der Waals surface area contributed by atoms with E-state index in [0.29, 0.717) is 19.8 Å². The summed E-state index contributed by atoms with van der Waals surface area (Å²) >= 11 is 0. The maximum Gasteiger partial charge on any atom is 0.229 e. The van der Waals surface area contributed by atoms with Crippen LogP contribution in [0.15, 0.2) is 30.6 Å². The highest BCUT2D eigenvalue weighted by atomic mass is 16.5. The van der Waals surface area contributed by atoms with Crippen molar-refractivity contribution < 1.29 is 14.6 Å². The maximum absolute atomic E-state index is 12.3. The Morgan fingerprint density at radius 1 is 1.50 bits per heavy atom. The number of nitrogens with zero attached hydrogens (tertiary/aromatic N) is 3. The fourth-order valence-corrected chi connectivity index (χ4v) is 2.46. The number of carbonyl (C=O) groups excluding carboxylic acids is 1. The second-order valence-electron chi connectivity index (χ2n) is 4.87. The first-order chi connectivity index (χ1) is 9.78. The molecule has 1 N–H and O–H groups in total. The lowest BCUT2D eigenvalue weighted by Gasteiger charge is -2.34. The van der Waals surface area contributed by atoms with Crippen molar-refractivity contribution in [1.82, 2.24) is 14.3 Å². The van der Waals surface area contributed by atoms with Gasteiger partial charge in [-0.25, -0.2) is 4.98 Å². The smallest absolute Gasteiger partial charge is 0.229 e. The van der Waals surface area contributed by atoms with Crippen LogP contribution < -0.4 is 0 Å². The predicted molar refractivity (Wildman–Crippen MR) is 72.3 cm³/mol. The summed E-state index contributed by atoms with van der Waals surface area (Å²) in [7, 11) is 0. The van der Waals surface area contributed by atoms with Gasteiger partial charge in [0.15, 0.2) is 0 Å². The molecule has 0 spiro atoms. The van der Waals surface area contributed by atoms with Crippen LogP contribution in [-0.4, -0.2) is 57.7 Å². The van der Waals surface area contributed by atoms with Crippen molar-refractivity contribution in [1.29, 1.82) is 0 Å². The fraction of sp³-hybridized carbons (Fsp3) is 0.429. The Bertz CT molecular complexity index is 577. The lowest BCUT2D eigenvalue weighted by molar-refractivity contribution is -0.140. The molecule has 3 rings (SSSR count). The first kappa shape index (κ1) is 13.1. The molecule has 6 nitrogen and oxygen atoms in total. The highest BCUT2D eigenvalue weighted by Crippen LogP contribution is 2.11. The quantitative estimate of drug-likeness (QED) is 0.862. The fourth-order valence-electron chi connectivity index (χ4n) is 2.46. The minimum absolute atomic E-state index is 0.0178. The molecule has 20 heavy (non-hydrogen) atoms. The zero-order chi connectivity index (χ0) is 13.9. The molecule has 1 saturated heterocycles. The van der Waals surface area contributed by atoms with E-state index in [-0.39, 0.29) is 25.0 Å². The molecule has 1 unspecified atom stereocenters. The highest BCUT2D eigenvalue weighted by molar-refractivity contribution is 5.79. The van der Waals surface area contributed by atoms with Gasteiger partial charge in [-0.3, -0.25) is 4.79 Å². The monoisotopic (exact) mass is 275 g/mol. The van der Waals surface area contributed by atoms with Crippen LogP contribution in [0.5, 0.6) is 0 Å². The Kier molecular flexibility index (Phi) is 3.66. The molecule has 6 heteroatoms. The Hall–Kier alpha value is -1.92. The molecular weight excluding hydrogens is 258 g/mol. The molecular formula is C14H17N3O3. The van der Waals surface area contributed by atoms with Crippen LogP contribution in [0.25, 0.3) is 5.65 Å². The normalized spacial score (nSPS) is 19.4. The summed E-state index contributed by atoms with van der Waals surface area (Å²) in [5.41, 5.74) is 1.57. The minimum Gasteiger partial charge on any atom is -0.394 e. The molecule has 3 heterocycles. The molecule has 0 saturated carbocycles. The first-order valence-electron chi connectivity index (χ1n) is 6.68. The summed E-state index contributed by atoms with van der Waals surface area (Å²) < 4.78 is 7.17. The van der Waals surface area contributed by atoms with Gasteiger partial charge in [0.2, 0.25) is 5.91 Å². The SMILES string of the molecule is O=C(Cc1cn2ccccc2n1)N1CCOCC1CO. The summed E-state index contributed by atoms with van der Waals surface area (Å²) in [5, 5.41) is 9.30. The number of rotatable bonds is 3. The number of morpholine rings is 1. The summed E-state index contributed by atoms with van der Waals surface area (Å²) in [6, 6.07) is 5.49. The van der Waals surface area contributed by atoms with E-state index in [0.717, 1.165) is 11.3 Å². The number of amides is 1. The molecule has 0 radical (unpaired) electrons. The number of hydrogen-bond acceptors (Lipinski definition) is 4. The summed E-state index contributed by atoms with van der Waals surface area (Å²) in [6.45, 7) is 1.37. The first-order valence-corrected chi connectivity index (χ1v) is 6.68. The van der Waals surface area contributed by atoms with Gasteiger partial charge in [0, 0.05) is 18.9 Å². The average Bonchev–Trinajstić information content (AvgIpc) is 2.89. The number of pyridine rings is 1. The second kappa shape index (κ2) is 5.60. The zero-order valence-corrected chi connectivity index (χ0v) is 11.1. The number of aromatic nitrogens is 2. The van der Waals surface area contributed by atoms with E-state index in [9.17, 15) is 9.90 Å². The topological polar surface area (TPSA) is 67.1 Å². The maximum atomic E-state index is 12.3. The molecule has 1 aliphatic rings. The van der Waals surface area contributed by atoms with Gasteiger partial charge in [-0.2, -0.15) is 0 Å². The van der Waals surface area contributed by atoms with Gasteiger partial charge >= 0.3 is 0 Å². The van der Waals surface area contributed by atoms with Gasteiger partial charge in [0.1, 0.15) is 5.65 Å². The van der Waals surface area contributed by atoms with Gasteiger partial charge in [0.25, 0.3) is 0 Å². The van der Waals surface area contributed by atoms with Gasteiger partial charge < -0.3 is 19.1 Å². The molecule has 0 aromatic carbocycles. The molecule has 106 valence electrons. The molecule has 1 amide bonds. The van der Waals surface area contributed by atoms with Crippen molar-refractivity contribution >= 4 is 11.6 Å². The van der Waals surface area contributed by atoms with E-state index in [4.69, 9.17) is 4.74 Å². The predicted octanol–water partition coefficient (Wildman–Crippen LogP) is 0.0965. The molecule has 1 aliphatic heterocycles. The van der Waals surface area contributed by atoms with E-state index in [2.05, 4.69) is 4.98 Å². The molecule has 2 aromatic heterocycles. The van der Waals surface area contributed by atoms with Crippen LogP contribution in [0.3, 0.4) is 0 Å². The van der Waals surface area contributed by atoms with Crippen LogP contribution in [0.4, 0.5) is 0 Å². The number of fused-ring (bicyclic) bond motifs is 1. The van der Waals surface area contributed by atoms with Gasteiger partial charge in [-0.05, 0) is 12.1 Å². The van der Waals surface area contributed by atoms with Crippen molar-refractivity contribution in [2.75, 3.05) is 26.4 Å². The lowest BCUT2D eigenvalue weighted by atomic mass is 10.2. The summed E-state index contributed by atoms with van der Waals surface area (Å²) in [5.74, 6) is -0.0178. The van der Waals surface area contributed by atoms with E-state index < -0.39 is 0 Å². The highest BCUT2D eigenvalue weighted by Gasteiger charge is 2.27. The Morgan fingerprint density at radius 2 is 2.40 bits per heavy atom. The van der Waals surface area contributed by atoms with Crippen LogP contribution in [0.1, 0.15) is 5.69 Å². The number of ether oxygens (including phenoxy) is 1. The number of aliphatic hydroxyl groups is 1. The van der Waals surface area contributed by atoms with Crippen molar-refractivity contribution in [3.05, 3.63) is 36.3 Å². The lowest BCUT2D eigenvalue weighted by Crippen LogP contribution is -2.51. The number of hydrogen-bond donors (Lipinski definition) is 1. The van der Waals surface area contributed by atoms with Crippen molar-refractivity contribution in [2.45, 2.75) is 12.5 Å². The van der Waals surface area contributed by atoms with Crippen molar-refractivity contribution in [3.63, 3.8) is 0 Å². The van der Waals surface area contributed by atoms with Crippen LogP contribution >= 0.6 is 0 Å². The molecule has 2 aromatic rings. The molecule has 1 atom stereocenters. The Morgan fingerprint density at radius 3 is 3.20 bits per heavy atom. The largest absolute Gasteiger partial charge is 0.394 e. The standard InChI is InChI=1S/C14H17N3O3/c18-9-12-10-20-6-5-17(12)14(19)7-11-8-16-4-2-1-3-13(16)15-11/h1-4,8,12,18H,5-7,9-10H2. The van der Waals surface area contributed by atoms with Crippen LogP contribution in [0.2, 0.25) is 0 Å². The molecule has 0 aliphatic carbocycles. The summed E-state index contributed by atoms with van der Waals surface area (Å²) in [6.07, 6.45) is 4.02.